The predicted octanol–water partition coefficient (Wildman–Crippen LogP) is 5.95. The van der Waals surface area contributed by atoms with Crippen LogP contribution in [0.3, 0.4) is 0 Å². The molecule has 0 bridgehead atoms. The molecule has 1 amide bonds. The van der Waals surface area contributed by atoms with Gasteiger partial charge in [0.05, 0.1) is 10.5 Å². The number of thiophene rings is 1. The summed E-state index contributed by atoms with van der Waals surface area (Å²) in [6.07, 6.45) is -4.72. The number of nitrogens with zero attached hydrogens (tertiary/aromatic N) is 2. The van der Waals surface area contributed by atoms with Crippen LogP contribution in [0.25, 0.3) is 0 Å². The molecule has 1 aromatic carbocycles. The maximum atomic E-state index is 13.8. The van der Waals surface area contributed by atoms with Gasteiger partial charge in [-0.2, -0.15) is 18.3 Å². The Bertz CT molecular complexity index is 1050. The van der Waals surface area contributed by atoms with Gasteiger partial charge < -0.3 is 10.6 Å². The van der Waals surface area contributed by atoms with Gasteiger partial charge in [-0.1, -0.05) is 29.8 Å². The van der Waals surface area contributed by atoms with E-state index in [1.165, 1.54) is 11.3 Å². The fraction of sp³-hybridized carbons (Fsp3) is 0.263. The van der Waals surface area contributed by atoms with Crippen LogP contribution in [-0.2, 0) is 6.54 Å². The summed E-state index contributed by atoms with van der Waals surface area (Å²) in [4.78, 5) is 13.4. The number of halogens is 5. The first-order chi connectivity index (χ1) is 14.2. The minimum absolute atomic E-state index is 0.104. The third-order valence-electron chi connectivity index (χ3n) is 4.76. The van der Waals surface area contributed by atoms with E-state index in [0.29, 0.717) is 5.02 Å². The van der Waals surface area contributed by atoms with E-state index in [-0.39, 0.29) is 29.0 Å². The Morgan fingerprint density at radius 3 is 2.70 bits per heavy atom. The van der Waals surface area contributed by atoms with Crippen molar-refractivity contribution < 1.29 is 18.0 Å². The molecule has 158 valence electrons. The van der Waals surface area contributed by atoms with Crippen molar-refractivity contribution in [1.29, 1.82) is 0 Å². The number of alkyl halides is 3. The summed E-state index contributed by atoms with van der Waals surface area (Å²) >= 11 is 10.5. The van der Waals surface area contributed by atoms with Crippen LogP contribution in [0.15, 0.2) is 46.3 Å². The highest BCUT2D eigenvalue weighted by Crippen LogP contribution is 2.46. The largest absolute Gasteiger partial charge is 0.410 e. The Morgan fingerprint density at radius 1 is 1.33 bits per heavy atom. The van der Waals surface area contributed by atoms with Crippen molar-refractivity contribution >= 4 is 50.6 Å². The second kappa shape index (κ2) is 8.24. The lowest BCUT2D eigenvalue weighted by Crippen LogP contribution is -2.35. The zero-order valence-electron chi connectivity index (χ0n) is 15.2. The molecule has 1 aliphatic rings. The van der Waals surface area contributed by atoms with Crippen molar-refractivity contribution in [3.8, 4) is 0 Å². The number of fused-ring (bicyclic) bond motifs is 1. The number of benzene rings is 1. The van der Waals surface area contributed by atoms with Crippen LogP contribution >= 0.6 is 38.9 Å². The SMILES string of the molecule is O=C(NCc1ccc(Cl)cc1)c1nn2c(c1Br)N[C@H](c1cccs1)C[C@H]2C(F)(F)F. The number of anilines is 1. The summed E-state index contributed by atoms with van der Waals surface area (Å²) in [6, 6.07) is 8.10. The standard InChI is InChI=1S/C19H15BrClF3N4OS/c20-15-16(18(29)25-9-10-3-5-11(21)6-4-10)27-28-14(19(22,23)24)8-12(26-17(15)28)13-2-1-7-30-13/h1-7,12,14,26H,8-9H2,(H,25,29)/t12-,14-/m0/s1. The Kier molecular flexibility index (Phi) is 5.82. The monoisotopic (exact) mass is 518 g/mol. The predicted molar refractivity (Wildman–Crippen MR) is 113 cm³/mol. The molecule has 30 heavy (non-hydrogen) atoms. The summed E-state index contributed by atoms with van der Waals surface area (Å²) in [5, 5.41) is 12.2. The number of hydrogen-bond acceptors (Lipinski definition) is 4. The summed E-state index contributed by atoms with van der Waals surface area (Å²) in [7, 11) is 0. The molecule has 1 aliphatic heterocycles. The average molecular weight is 520 g/mol. The van der Waals surface area contributed by atoms with E-state index in [4.69, 9.17) is 11.6 Å². The van der Waals surface area contributed by atoms with Crippen LogP contribution in [0.2, 0.25) is 5.02 Å². The van der Waals surface area contributed by atoms with Crippen LogP contribution in [0.1, 0.15) is 39.4 Å². The number of hydrogen-bond donors (Lipinski definition) is 2. The molecule has 0 radical (unpaired) electrons. The highest BCUT2D eigenvalue weighted by atomic mass is 79.9. The summed E-state index contributed by atoms with van der Waals surface area (Å²) < 4.78 is 42.4. The van der Waals surface area contributed by atoms with Crippen molar-refractivity contribution in [2.45, 2.75) is 31.2 Å². The van der Waals surface area contributed by atoms with Crippen molar-refractivity contribution in [2.75, 3.05) is 5.32 Å². The minimum atomic E-state index is -4.51. The lowest BCUT2D eigenvalue weighted by molar-refractivity contribution is -0.173. The Labute approximate surface area is 187 Å². The minimum Gasteiger partial charge on any atom is -0.362 e. The fourth-order valence-electron chi connectivity index (χ4n) is 3.28. The maximum Gasteiger partial charge on any atom is 0.410 e. The van der Waals surface area contributed by atoms with Gasteiger partial charge in [0, 0.05) is 22.9 Å². The molecule has 2 N–H and O–H groups in total. The van der Waals surface area contributed by atoms with E-state index < -0.39 is 24.2 Å². The topological polar surface area (TPSA) is 59.0 Å². The molecule has 2 aromatic heterocycles. The molecular weight excluding hydrogens is 505 g/mol. The highest BCUT2D eigenvalue weighted by molar-refractivity contribution is 9.10. The first-order valence-corrected chi connectivity index (χ1v) is 11.0. The van der Waals surface area contributed by atoms with Gasteiger partial charge in [0.1, 0.15) is 5.82 Å². The second-order valence-corrected chi connectivity index (χ2v) is 8.98. The third-order valence-corrected chi connectivity index (χ3v) is 6.75. The van der Waals surface area contributed by atoms with Crippen molar-refractivity contribution in [2.24, 2.45) is 0 Å². The van der Waals surface area contributed by atoms with Crippen LogP contribution in [0.4, 0.5) is 19.0 Å². The van der Waals surface area contributed by atoms with Gasteiger partial charge in [-0.25, -0.2) is 4.68 Å². The summed E-state index contributed by atoms with van der Waals surface area (Å²) in [5.74, 6) is -0.437. The van der Waals surface area contributed by atoms with E-state index in [1.807, 2.05) is 5.38 Å². The smallest absolute Gasteiger partial charge is 0.362 e. The van der Waals surface area contributed by atoms with Gasteiger partial charge in [-0.05, 0) is 45.1 Å². The molecule has 3 aromatic rings. The number of nitrogens with one attached hydrogen (secondary N) is 2. The van der Waals surface area contributed by atoms with Crippen LogP contribution in [0, 0.1) is 0 Å². The van der Waals surface area contributed by atoms with Crippen LogP contribution < -0.4 is 10.6 Å². The van der Waals surface area contributed by atoms with Gasteiger partial charge in [-0.3, -0.25) is 4.79 Å². The van der Waals surface area contributed by atoms with Gasteiger partial charge in [0.15, 0.2) is 11.7 Å². The molecule has 0 spiro atoms. The van der Waals surface area contributed by atoms with E-state index >= 15 is 0 Å². The molecule has 0 aliphatic carbocycles. The maximum absolute atomic E-state index is 13.8. The Hall–Kier alpha value is -2.04. The number of aromatic nitrogens is 2. The van der Waals surface area contributed by atoms with Crippen molar-refractivity contribution in [3.05, 3.63) is 67.4 Å². The van der Waals surface area contributed by atoms with Crippen molar-refractivity contribution in [1.82, 2.24) is 15.1 Å². The van der Waals surface area contributed by atoms with E-state index in [1.54, 1.807) is 36.4 Å². The number of rotatable bonds is 4. The average Bonchev–Trinajstić information content (AvgIpc) is 3.34. The van der Waals surface area contributed by atoms with Crippen molar-refractivity contribution in [3.63, 3.8) is 0 Å². The third kappa shape index (κ3) is 4.21. The molecule has 0 unspecified atom stereocenters. The van der Waals surface area contributed by atoms with Gasteiger partial charge in [0.2, 0.25) is 0 Å². The number of carbonyl (C=O) groups excluding carboxylic acids is 1. The lowest BCUT2D eigenvalue weighted by atomic mass is 10.0. The quantitative estimate of drug-likeness (QED) is 0.448. The zero-order chi connectivity index (χ0) is 21.5. The molecule has 2 atom stereocenters. The van der Waals surface area contributed by atoms with E-state index in [0.717, 1.165) is 15.1 Å². The molecule has 5 nitrogen and oxygen atoms in total. The molecule has 11 heteroatoms. The Morgan fingerprint density at radius 2 is 2.07 bits per heavy atom. The molecule has 0 fully saturated rings. The van der Waals surface area contributed by atoms with Crippen LogP contribution in [0.5, 0.6) is 0 Å². The summed E-state index contributed by atoms with van der Waals surface area (Å²) in [5.41, 5.74) is 0.699. The van der Waals surface area contributed by atoms with Gasteiger partial charge in [-0.15, -0.1) is 11.3 Å². The molecule has 4 rings (SSSR count). The van der Waals surface area contributed by atoms with Gasteiger partial charge >= 0.3 is 6.18 Å². The van der Waals surface area contributed by atoms with E-state index in [2.05, 4.69) is 31.7 Å². The lowest BCUT2D eigenvalue weighted by Gasteiger charge is -2.33. The fourth-order valence-corrected chi connectivity index (χ4v) is 4.75. The molecule has 0 saturated heterocycles. The zero-order valence-corrected chi connectivity index (χ0v) is 18.4. The Balaban J connectivity index is 1.61. The number of carbonyl (C=O) groups is 1. The molecule has 0 saturated carbocycles. The van der Waals surface area contributed by atoms with Crippen LogP contribution in [-0.4, -0.2) is 21.9 Å². The van der Waals surface area contributed by atoms with Gasteiger partial charge in [0.25, 0.3) is 5.91 Å². The summed E-state index contributed by atoms with van der Waals surface area (Å²) in [6.45, 7) is 0.193. The first kappa shape index (κ1) is 21.2. The molecular formula is C19H15BrClF3N4OS. The normalized spacial score (nSPS) is 18.6. The highest BCUT2D eigenvalue weighted by Gasteiger charge is 2.47. The first-order valence-electron chi connectivity index (χ1n) is 8.91. The number of amides is 1. The van der Waals surface area contributed by atoms with E-state index in [9.17, 15) is 18.0 Å². The second-order valence-electron chi connectivity index (χ2n) is 6.77. The molecule has 3 heterocycles.